The Kier molecular flexibility index (Phi) is 6.63. The lowest BCUT2D eigenvalue weighted by Crippen LogP contribution is -2.30. The molecule has 0 saturated heterocycles. The number of benzene rings is 1. The fourth-order valence-corrected chi connectivity index (χ4v) is 2.82. The molecule has 0 saturated carbocycles. The van der Waals surface area contributed by atoms with Gasteiger partial charge in [-0.1, -0.05) is 75.5 Å². The minimum Gasteiger partial charge on any atom is -0.307 e. The first kappa shape index (κ1) is 17.8. The summed E-state index contributed by atoms with van der Waals surface area (Å²) in [6.45, 7) is 10.4. The van der Waals surface area contributed by atoms with Gasteiger partial charge < -0.3 is 4.90 Å². The number of fused-ring (bicyclic) bond motifs is 1. The van der Waals surface area contributed by atoms with E-state index in [1.54, 1.807) is 12.2 Å². The zero-order chi connectivity index (χ0) is 17.4. The third-order valence-electron chi connectivity index (χ3n) is 4.19. The Morgan fingerprint density at radius 2 is 1.96 bits per heavy atom. The van der Waals surface area contributed by atoms with Crippen LogP contribution in [0.25, 0.3) is 0 Å². The van der Waals surface area contributed by atoms with E-state index in [1.807, 2.05) is 29.2 Å². The fraction of sp³-hybridized carbons (Fsp3) is 0.318. The van der Waals surface area contributed by atoms with Gasteiger partial charge in [-0.2, -0.15) is 0 Å². The maximum Gasteiger partial charge on any atom is 0.227 e. The van der Waals surface area contributed by atoms with Crippen LogP contribution in [0.15, 0.2) is 60.8 Å². The van der Waals surface area contributed by atoms with E-state index in [0.29, 0.717) is 13.0 Å². The minimum atomic E-state index is 0.124. The van der Waals surface area contributed by atoms with Gasteiger partial charge >= 0.3 is 0 Å². The molecule has 1 aromatic carbocycles. The van der Waals surface area contributed by atoms with E-state index in [-0.39, 0.29) is 5.91 Å². The minimum absolute atomic E-state index is 0.124. The summed E-state index contributed by atoms with van der Waals surface area (Å²) in [5, 5.41) is 0. The second-order valence-electron chi connectivity index (χ2n) is 5.90. The van der Waals surface area contributed by atoms with Gasteiger partial charge in [0.1, 0.15) is 0 Å². The summed E-state index contributed by atoms with van der Waals surface area (Å²) in [4.78, 5) is 14.6. The molecule has 0 atom stereocenters. The molecule has 1 heterocycles. The van der Waals surface area contributed by atoms with Crippen LogP contribution in [-0.2, 0) is 11.3 Å². The summed E-state index contributed by atoms with van der Waals surface area (Å²) < 4.78 is 0. The summed E-state index contributed by atoms with van der Waals surface area (Å²) in [5.74, 6) is 6.45. The third kappa shape index (κ3) is 4.26. The second-order valence-corrected chi connectivity index (χ2v) is 5.90. The maximum atomic E-state index is 12.8. The molecule has 1 amide bonds. The first-order chi connectivity index (χ1) is 11.7. The summed E-state index contributed by atoms with van der Waals surface area (Å²) in [6.07, 6.45) is 8.32. The van der Waals surface area contributed by atoms with Crippen LogP contribution in [0, 0.1) is 11.8 Å². The Morgan fingerprint density at radius 3 is 2.67 bits per heavy atom. The van der Waals surface area contributed by atoms with Crippen LogP contribution in [0.5, 0.6) is 0 Å². The lowest BCUT2D eigenvalue weighted by Gasteiger charge is -2.26. The molecule has 0 aromatic heterocycles. The summed E-state index contributed by atoms with van der Waals surface area (Å²) in [6, 6.07) is 7.97. The van der Waals surface area contributed by atoms with Crippen molar-refractivity contribution in [3.05, 3.63) is 72.0 Å². The monoisotopic (exact) mass is 319 g/mol. The van der Waals surface area contributed by atoms with Gasteiger partial charge in [0, 0.05) is 17.6 Å². The molecule has 0 spiro atoms. The maximum absolute atomic E-state index is 12.8. The normalized spacial score (nSPS) is 16.3. The van der Waals surface area contributed by atoms with Crippen molar-refractivity contribution in [3.63, 3.8) is 0 Å². The Balaban J connectivity index is 2.34. The standard InChI is InChI=1S/C22H25NO/c1-4-7-8-9-14-22(24)23-17-20-13-11-10-12-19(20)16-15-18(5-2)21(23)6-3/h5-6,10-13H,2-4,7-9,14,17H2,1H3/b21-18-. The van der Waals surface area contributed by atoms with Gasteiger partial charge in [-0.25, -0.2) is 0 Å². The molecule has 0 N–H and O–H groups in total. The highest BCUT2D eigenvalue weighted by Crippen LogP contribution is 2.22. The van der Waals surface area contributed by atoms with Gasteiger partial charge in [0.05, 0.1) is 12.2 Å². The van der Waals surface area contributed by atoms with Crippen molar-refractivity contribution in [1.82, 2.24) is 4.90 Å². The number of rotatable bonds is 7. The van der Waals surface area contributed by atoms with Crippen LogP contribution in [0.4, 0.5) is 0 Å². The van der Waals surface area contributed by atoms with Crippen LogP contribution in [0.2, 0.25) is 0 Å². The second kappa shape index (κ2) is 8.93. The van der Waals surface area contributed by atoms with Gasteiger partial charge in [0.15, 0.2) is 0 Å². The topological polar surface area (TPSA) is 20.3 Å². The molecule has 2 rings (SSSR count). The van der Waals surface area contributed by atoms with Crippen molar-refractivity contribution in [1.29, 1.82) is 0 Å². The molecular weight excluding hydrogens is 294 g/mol. The number of hydrogen-bond acceptors (Lipinski definition) is 1. The van der Waals surface area contributed by atoms with Crippen LogP contribution in [0.1, 0.15) is 50.2 Å². The summed E-state index contributed by atoms with van der Waals surface area (Å²) in [5.41, 5.74) is 3.53. The fourth-order valence-electron chi connectivity index (χ4n) is 2.82. The van der Waals surface area contributed by atoms with E-state index in [4.69, 9.17) is 0 Å². The first-order valence-electron chi connectivity index (χ1n) is 8.60. The molecule has 0 unspecified atom stereocenters. The molecule has 1 aliphatic rings. The van der Waals surface area contributed by atoms with E-state index in [2.05, 4.69) is 31.9 Å². The number of nitrogens with zero attached hydrogens (tertiary/aromatic N) is 1. The third-order valence-corrected chi connectivity index (χ3v) is 4.19. The lowest BCUT2D eigenvalue weighted by molar-refractivity contribution is -0.129. The molecular formula is C22H25NO. The van der Waals surface area contributed by atoms with E-state index in [1.165, 1.54) is 12.8 Å². The average Bonchev–Trinajstić information content (AvgIpc) is 2.59. The van der Waals surface area contributed by atoms with Crippen LogP contribution in [-0.4, -0.2) is 10.8 Å². The Hall–Kier alpha value is -2.53. The molecule has 0 radical (unpaired) electrons. The largest absolute Gasteiger partial charge is 0.307 e. The molecule has 1 aliphatic heterocycles. The number of hydrogen-bond donors (Lipinski definition) is 0. The van der Waals surface area contributed by atoms with Gasteiger partial charge in [-0.05, 0) is 24.1 Å². The van der Waals surface area contributed by atoms with Crippen molar-refractivity contribution in [3.8, 4) is 11.8 Å². The highest BCUT2D eigenvalue weighted by atomic mass is 16.2. The molecule has 0 fully saturated rings. The van der Waals surface area contributed by atoms with Gasteiger partial charge in [0.25, 0.3) is 0 Å². The molecule has 24 heavy (non-hydrogen) atoms. The van der Waals surface area contributed by atoms with E-state index in [0.717, 1.165) is 35.2 Å². The van der Waals surface area contributed by atoms with E-state index < -0.39 is 0 Å². The first-order valence-corrected chi connectivity index (χ1v) is 8.60. The Bertz CT molecular complexity index is 715. The zero-order valence-corrected chi connectivity index (χ0v) is 14.5. The molecule has 124 valence electrons. The lowest BCUT2D eigenvalue weighted by atomic mass is 10.0. The highest BCUT2D eigenvalue weighted by Gasteiger charge is 2.20. The number of carbonyl (C=O) groups is 1. The van der Waals surface area contributed by atoms with Gasteiger partial charge in [0.2, 0.25) is 5.91 Å². The summed E-state index contributed by atoms with van der Waals surface area (Å²) in [7, 11) is 0. The van der Waals surface area contributed by atoms with E-state index >= 15 is 0 Å². The van der Waals surface area contributed by atoms with Crippen molar-refractivity contribution < 1.29 is 4.79 Å². The smallest absolute Gasteiger partial charge is 0.227 e. The van der Waals surface area contributed by atoms with Crippen LogP contribution in [0.3, 0.4) is 0 Å². The Labute approximate surface area is 145 Å². The van der Waals surface area contributed by atoms with Crippen molar-refractivity contribution in [2.24, 2.45) is 0 Å². The highest BCUT2D eigenvalue weighted by molar-refractivity contribution is 5.79. The molecule has 2 heteroatoms. The van der Waals surface area contributed by atoms with E-state index in [9.17, 15) is 4.79 Å². The van der Waals surface area contributed by atoms with Gasteiger partial charge in [-0.15, -0.1) is 0 Å². The number of unbranched alkanes of at least 4 members (excludes halogenated alkanes) is 3. The molecule has 2 nitrogen and oxygen atoms in total. The molecule has 0 aliphatic carbocycles. The van der Waals surface area contributed by atoms with Crippen molar-refractivity contribution in [2.45, 2.75) is 45.6 Å². The van der Waals surface area contributed by atoms with Crippen molar-refractivity contribution >= 4 is 5.91 Å². The van der Waals surface area contributed by atoms with Crippen LogP contribution < -0.4 is 0 Å². The SMILES string of the molecule is C=C/C1=C(\C=C)N(C(=O)CCCCCC)Cc2ccccc2C#C1. The number of carbonyl (C=O) groups excluding carboxylic acids is 1. The predicted octanol–water partition coefficient (Wildman–Crippen LogP) is 4.98. The Morgan fingerprint density at radius 1 is 1.17 bits per heavy atom. The average molecular weight is 319 g/mol. The molecule has 1 aromatic rings. The number of allylic oxidation sites excluding steroid dienone is 3. The predicted molar refractivity (Wildman–Crippen MR) is 100 cm³/mol. The quantitative estimate of drug-likeness (QED) is 0.513. The zero-order valence-electron chi connectivity index (χ0n) is 14.5. The van der Waals surface area contributed by atoms with Crippen molar-refractivity contribution in [2.75, 3.05) is 0 Å². The van der Waals surface area contributed by atoms with Crippen LogP contribution >= 0.6 is 0 Å². The van der Waals surface area contributed by atoms with Gasteiger partial charge in [-0.3, -0.25) is 4.79 Å². The molecule has 0 bridgehead atoms. The number of amides is 1. The summed E-state index contributed by atoms with van der Waals surface area (Å²) >= 11 is 0.